The third-order valence-electron chi connectivity index (χ3n) is 4.63. The topological polar surface area (TPSA) is 66.5 Å². The van der Waals surface area contributed by atoms with Crippen LogP contribution in [0.4, 0.5) is 5.69 Å². The Morgan fingerprint density at radius 2 is 1.79 bits per heavy atom. The zero-order chi connectivity index (χ0) is 20.3. The highest BCUT2D eigenvalue weighted by molar-refractivity contribution is 8.00. The zero-order valence-corrected chi connectivity index (χ0v) is 18.2. The van der Waals surface area contributed by atoms with Crippen LogP contribution in [0.15, 0.2) is 53.4 Å². The molecule has 1 N–H and O–H groups in total. The maximum absolute atomic E-state index is 12.8. The van der Waals surface area contributed by atoms with Gasteiger partial charge in [-0.15, -0.1) is 0 Å². The molecule has 0 radical (unpaired) electrons. The van der Waals surface area contributed by atoms with Crippen LogP contribution in [0, 0.1) is 5.92 Å². The molecule has 1 saturated heterocycles. The second-order valence-corrected chi connectivity index (χ2v) is 10.5. The van der Waals surface area contributed by atoms with E-state index in [1.54, 1.807) is 36.4 Å². The molecule has 28 heavy (non-hydrogen) atoms. The summed E-state index contributed by atoms with van der Waals surface area (Å²) in [6.07, 6.45) is 0. The lowest BCUT2D eigenvalue weighted by Gasteiger charge is -2.34. The molecule has 0 bridgehead atoms. The van der Waals surface area contributed by atoms with E-state index in [1.807, 2.05) is 16.7 Å². The fourth-order valence-electron chi connectivity index (χ4n) is 2.95. The second kappa shape index (κ2) is 8.76. The highest BCUT2D eigenvalue weighted by atomic mass is 35.5. The SMILES string of the molecule is CC(C)[C@H]1CN(C(=O)c2ccc(S(=O)(=O)Nc3ccc(Cl)cc3)cc2)CCS1. The summed E-state index contributed by atoms with van der Waals surface area (Å²) >= 11 is 7.73. The molecule has 2 aromatic carbocycles. The molecule has 0 aromatic heterocycles. The molecule has 3 rings (SSSR count). The lowest BCUT2D eigenvalue weighted by Crippen LogP contribution is -2.43. The van der Waals surface area contributed by atoms with Crippen molar-refractivity contribution in [2.45, 2.75) is 24.0 Å². The Bertz CT molecular complexity index is 929. The van der Waals surface area contributed by atoms with Gasteiger partial charge in [-0.3, -0.25) is 9.52 Å². The van der Waals surface area contributed by atoms with E-state index in [0.29, 0.717) is 34.0 Å². The fraction of sp³-hybridized carbons (Fsp3) is 0.350. The standard InChI is InChI=1S/C20H23ClN2O3S2/c1-14(2)19-13-23(11-12-27-19)20(24)15-3-9-18(10-4-15)28(25,26)22-17-7-5-16(21)6-8-17/h3-10,14,19,22H,11-13H2,1-2H3/t19-/m1/s1. The van der Waals surface area contributed by atoms with E-state index in [-0.39, 0.29) is 10.8 Å². The highest BCUT2D eigenvalue weighted by Crippen LogP contribution is 2.26. The number of carbonyl (C=O) groups excluding carboxylic acids is 1. The summed E-state index contributed by atoms with van der Waals surface area (Å²) in [5, 5.41) is 0.961. The van der Waals surface area contributed by atoms with Gasteiger partial charge in [0.25, 0.3) is 15.9 Å². The lowest BCUT2D eigenvalue weighted by molar-refractivity contribution is 0.0756. The zero-order valence-electron chi connectivity index (χ0n) is 15.8. The predicted molar refractivity (Wildman–Crippen MR) is 116 cm³/mol. The molecule has 1 fully saturated rings. The number of sulfonamides is 1. The van der Waals surface area contributed by atoms with E-state index in [0.717, 1.165) is 12.3 Å². The van der Waals surface area contributed by atoms with E-state index in [2.05, 4.69) is 18.6 Å². The smallest absolute Gasteiger partial charge is 0.261 e. The van der Waals surface area contributed by atoms with Crippen LogP contribution in [0.3, 0.4) is 0 Å². The van der Waals surface area contributed by atoms with Gasteiger partial charge in [0, 0.05) is 40.4 Å². The first-order chi connectivity index (χ1) is 13.3. The first kappa shape index (κ1) is 21.0. The van der Waals surface area contributed by atoms with Gasteiger partial charge in [0.1, 0.15) is 0 Å². The van der Waals surface area contributed by atoms with Gasteiger partial charge >= 0.3 is 0 Å². The molecule has 0 spiro atoms. The van der Waals surface area contributed by atoms with Crippen LogP contribution in [0.2, 0.25) is 5.02 Å². The number of nitrogens with zero attached hydrogens (tertiary/aromatic N) is 1. The van der Waals surface area contributed by atoms with E-state index < -0.39 is 10.0 Å². The van der Waals surface area contributed by atoms with Gasteiger partial charge in [0.2, 0.25) is 0 Å². The first-order valence-corrected chi connectivity index (χ1v) is 12.0. The molecule has 150 valence electrons. The number of amides is 1. The van der Waals surface area contributed by atoms with Crippen molar-refractivity contribution in [3.8, 4) is 0 Å². The number of anilines is 1. The average Bonchev–Trinajstić information content (AvgIpc) is 2.69. The van der Waals surface area contributed by atoms with Crippen LogP contribution in [-0.4, -0.2) is 43.3 Å². The van der Waals surface area contributed by atoms with Crippen molar-refractivity contribution in [3.63, 3.8) is 0 Å². The van der Waals surface area contributed by atoms with E-state index in [1.165, 1.54) is 12.1 Å². The fourth-order valence-corrected chi connectivity index (χ4v) is 5.44. The van der Waals surface area contributed by atoms with E-state index in [4.69, 9.17) is 11.6 Å². The minimum absolute atomic E-state index is 0.0550. The molecular weight excluding hydrogens is 416 g/mol. The summed E-state index contributed by atoms with van der Waals surface area (Å²) in [7, 11) is -3.73. The Balaban J connectivity index is 1.71. The summed E-state index contributed by atoms with van der Waals surface area (Å²) in [4.78, 5) is 14.8. The number of thioether (sulfide) groups is 1. The van der Waals surface area contributed by atoms with E-state index >= 15 is 0 Å². The number of nitrogens with one attached hydrogen (secondary N) is 1. The number of benzene rings is 2. The lowest BCUT2D eigenvalue weighted by atomic mass is 10.1. The molecule has 8 heteroatoms. The summed E-state index contributed by atoms with van der Waals surface area (Å²) < 4.78 is 27.6. The van der Waals surface area contributed by atoms with Crippen molar-refractivity contribution in [2.75, 3.05) is 23.6 Å². The van der Waals surface area contributed by atoms with Gasteiger partial charge < -0.3 is 4.90 Å². The highest BCUT2D eigenvalue weighted by Gasteiger charge is 2.27. The number of rotatable bonds is 5. The molecule has 1 heterocycles. The summed E-state index contributed by atoms with van der Waals surface area (Å²) in [6, 6.07) is 12.5. The Morgan fingerprint density at radius 3 is 2.39 bits per heavy atom. The summed E-state index contributed by atoms with van der Waals surface area (Å²) in [5.74, 6) is 1.37. The molecule has 0 aliphatic carbocycles. The minimum Gasteiger partial charge on any atom is -0.337 e. The molecule has 1 amide bonds. The van der Waals surface area contributed by atoms with Gasteiger partial charge in [-0.05, 0) is 54.4 Å². The van der Waals surface area contributed by atoms with Crippen molar-refractivity contribution in [1.29, 1.82) is 0 Å². The second-order valence-electron chi connectivity index (χ2n) is 7.04. The molecule has 0 saturated carbocycles. The Morgan fingerprint density at radius 1 is 1.14 bits per heavy atom. The largest absolute Gasteiger partial charge is 0.337 e. The third-order valence-corrected chi connectivity index (χ3v) is 7.82. The third kappa shape index (κ3) is 5.01. The van der Waals surface area contributed by atoms with Crippen molar-refractivity contribution >= 4 is 45.0 Å². The Hall–Kier alpha value is -1.70. The number of hydrogen-bond acceptors (Lipinski definition) is 4. The normalized spacial score (nSPS) is 17.6. The quantitative estimate of drug-likeness (QED) is 0.753. The van der Waals surface area contributed by atoms with Crippen molar-refractivity contribution in [2.24, 2.45) is 5.92 Å². The maximum Gasteiger partial charge on any atom is 0.261 e. The van der Waals surface area contributed by atoms with Crippen LogP contribution < -0.4 is 4.72 Å². The predicted octanol–water partition coefficient (Wildman–Crippen LogP) is 4.35. The number of carbonyl (C=O) groups is 1. The van der Waals surface area contributed by atoms with Crippen molar-refractivity contribution in [1.82, 2.24) is 4.90 Å². The van der Waals surface area contributed by atoms with Crippen LogP contribution >= 0.6 is 23.4 Å². The molecule has 1 atom stereocenters. The summed E-state index contributed by atoms with van der Waals surface area (Å²) in [5.41, 5.74) is 0.926. The monoisotopic (exact) mass is 438 g/mol. The van der Waals surface area contributed by atoms with Gasteiger partial charge in [0.15, 0.2) is 0 Å². The average molecular weight is 439 g/mol. The first-order valence-electron chi connectivity index (χ1n) is 9.05. The number of hydrogen-bond donors (Lipinski definition) is 1. The van der Waals surface area contributed by atoms with Crippen LogP contribution in [0.25, 0.3) is 0 Å². The maximum atomic E-state index is 12.8. The van der Waals surface area contributed by atoms with Crippen molar-refractivity contribution in [3.05, 3.63) is 59.1 Å². The van der Waals surface area contributed by atoms with Crippen LogP contribution in [0.5, 0.6) is 0 Å². The summed E-state index contributed by atoms with van der Waals surface area (Å²) in [6.45, 7) is 5.77. The van der Waals surface area contributed by atoms with Gasteiger partial charge in [-0.1, -0.05) is 25.4 Å². The molecule has 5 nitrogen and oxygen atoms in total. The van der Waals surface area contributed by atoms with Crippen molar-refractivity contribution < 1.29 is 13.2 Å². The number of halogens is 1. The van der Waals surface area contributed by atoms with E-state index in [9.17, 15) is 13.2 Å². The molecule has 0 unspecified atom stereocenters. The minimum atomic E-state index is -3.73. The molecular formula is C20H23ClN2O3S2. The molecule has 1 aliphatic heterocycles. The Kier molecular flexibility index (Phi) is 6.58. The molecule has 1 aliphatic rings. The van der Waals surface area contributed by atoms with Gasteiger partial charge in [-0.25, -0.2) is 8.42 Å². The van der Waals surface area contributed by atoms with Crippen LogP contribution in [0.1, 0.15) is 24.2 Å². The molecule has 2 aromatic rings. The van der Waals surface area contributed by atoms with Crippen LogP contribution in [-0.2, 0) is 10.0 Å². The van der Waals surface area contributed by atoms with Gasteiger partial charge in [-0.2, -0.15) is 11.8 Å². The van der Waals surface area contributed by atoms with Gasteiger partial charge in [0.05, 0.1) is 4.90 Å². The Labute approximate surface area is 175 Å².